The van der Waals surface area contributed by atoms with Crippen LogP contribution >= 0.6 is 22.7 Å². The van der Waals surface area contributed by atoms with Gasteiger partial charge in [-0.2, -0.15) is 5.26 Å². The van der Waals surface area contributed by atoms with E-state index in [1.54, 1.807) is 6.92 Å². The summed E-state index contributed by atoms with van der Waals surface area (Å²) in [6, 6.07) is 2.19. The summed E-state index contributed by atoms with van der Waals surface area (Å²) < 4.78 is 1.09. The number of fused-ring (bicyclic) bond motifs is 1. The average Bonchev–Trinajstić information content (AvgIpc) is 2.65. The van der Waals surface area contributed by atoms with E-state index in [9.17, 15) is 4.79 Å². The SMILES string of the molecule is CC(=O)c1sc2sc(C#N)c(C)c2c1C. The van der Waals surface area contributed by atoms with Crippen molar-refractivity contribution in [2.45, 2.75) is 20.8 Å². The summed E-state index contributed by atoms with van der Waals surface area (Å²) in [4.78, 5) is 12.9. The molecule has 0 N–H and O–H groups in total. The number of carbonyl (C=O) groups is 1. The highest BCUT2D eigenvalue weighted by molar-refractivity contribution is 7.39. The zero-order chi connectivity index (χ0) is 11.2. The van der Waals surface area contributed by atoms with Crippen molar-refractivity contribution in [2.75, 3.05) is 0 Å². The lowest BCUT2D eigenvalue weighted by Gasteiger charge is -1.93. The zero-order valence-corrected chi connectivity index (χ0v) is 10.3. The molecule has 0 aromatic carbocycles. The standard InChI is InChI=1S/C11H9NOS2/c1-5-8(4-12)14-11-9(5)6(2)10(15-11)7(3)13/h1-3H3. The molecular formula is C11H9NOS2. The van der Waals surface area contributed by atoms with E-state index in [4.69, 9.17) is 5.26 Å². The Morgan fingerprint density at radius 1 is 1.27 bits per heavy atom. The zero-order valence-electron chi connectivity index (χ0n) is 8.67. The fraction of sp³-hybridized carbons (Fsp3) is 0.273. The smallest absolute Gasteiger partial charge is 0.170 e. The lowest BCUT2D eigenvalue weighted by Crippen LogP contribution is -1.89. The number of nitrogens with zero attached hydrogens (tertiary/aromatic N) is 1. The third-order valence-corrected chi connectivity index (χ3v) is 5.12. The number of aryl methyl sites for hydroxylation is 2. The van der Waals surface area contributed by atoms with Crippen LogP contribution < -0.4 is 0 Å². The second-order valence-corrected chi connectivity index (χ2v) is 5.74. The monoisotopic (exact) mass is 235 g/mol. The first kappa shape index (κ1) is 10.3. The molecule has 2 nitrogen and oxygen atoms in total. The maximum atomic E-state index is 11.3. The molecule has 2 aromatic heterocycles. The van der Waals surface area contributed by atoms with Gasteiger partial charge in [0.25, 0.3) is 0 Å². The minimum atomic E-state index is 0.110. The third-order valence-electron chi connectivity index (χ3n) is 2.45. The number of nitriles is 1. The molecule has 15 heavy (non-hydrogen) atoms. The molecule has 76 valence electrons. The number of rotatable bonds is 1. The van der Waals surface area contributed by atoms with E-state index in [0.717, 1.165) is 30.3 Å². The average molecular weight is 235 g/mol. The fourth-order valence-electron chi connectivity index (χ4n) is 1.72. The molecule has 0 unspecified atom stereocenters. The molecule has 0 radical (unpaired) electrons. The van der Waals surface area contributed by atoms with E-state index in [0.29, 0.717) is 0 Å². The first-order valence-corrected chi connectivity index (χ1v) is 6.13. The number of thiophene rings is 2. The summed E-state index contributed by atoms with van der Waals surface area (Å²) in [6.45, 7) is 5.49. The van der Waals surface area contributed by atoms with Crippen LogP contribution in [0.2, 0.25) is 0 Å². The van der Waals surface area contributed by atoms with Gasteiger partial charge in [0, 0.05) is 5.39 Å². The topological polar surface area (TPSA) is 40.9 Å². The Hall–Kier alpha value is -1.18. The van der Waals surface area contributed by atoms with Crippen molar-refractivity contribution in [3.05, 3.63) is 20.9 Å². The molecule has 0 amide bonds. The van der Waals surface area contributed by atoms with Crippen LogP contribution in [0.5, 0.6) is 0 Å². The first-order valence-electron chi connectivity index (χ1n) is 4.49. The van der Waals surface area contributed by atoms with Gasteiger partial charge in [0.15, 0.2) is 5.78 Å². The largest absolute Gasteiger partial charge is 0.294 e. The summed E-state index contributed by atoms with van der Waals surface area (Å²) in [5.74, 6) is 0.110. The van der Waals surface area contributed by atoms with Gasteiger partial charge in [-0.25, -0.2) is 0 Å². The van der Waals surface area contributed by atoms with Gasteiger partial charge in [-0.15, -0.1) is 22.7 Å². The van der Waals surface area contributed by atoms with Crippen LogP contribution in [0.4, 0.5) is 0 Å². The summed E-state index contributed by atoms with van der Waals surface area (Å²) in [6.07, 6.45) is 0. The summed E-state index contributed by atoms with van der Waals surface area (Å²) in [5.41, 5.74) is 2.04. The van der Waals surface area contributed by atoms with Crippen LogP contribution in [0, 0.1) is 25.2 Å². The van der Waals surface area contributed by atoms with Crippen molar-refractivity contribution in [1.29, 1.82) is 5.26 Å². The van der Waals surface area contributed by atoms with Gasteiger partial charge in [-0.05, 0) is 31.9 Å². The molecule has 0 aliphatic carbocycles. The third kappa shape index (κ3) is 1.39. The van der Waals surface area contributed by atoms with Gasteiger partial charge in [0.2, 0.25) is 0 Å². The molecule has 0 saturated carbocycles. The minimum Gasteiger partial charge on any atom is -0.294 e. The Bertz CT molecular complexity index is 598. The van der Waals surface area contributed by atoms with Crippen molar-refractivity contribution in [2.24, 2.45) is 0 Å². The lowest BCUT2D eigenvalue weighted by atomic mass is 10.1. The highest BCUT2D eigenvalue weighted by Gasteiger charge is 2.18. The maximum absolute atomic E-state index is 11.3. The predicted molar refractivity (Wildman–Crippen MR) is 63.9 cm³/mol. The molecule has 2 heterocycles. The van der Waals surface area contributed by atoms with Crippen LogP contribution in [0.25, 0.3) is 9.40 Å². The Kier molecular flexibility index (Phi) is 2.37. The van der Waals surface area contributed by atoms with Gasteiger partial charge in [0.1, 0.15) is 10.9 Å². The quantitative estimate of drug-likeness (QED) is 0.708. The first-order chi connectivity index (χ1) is 7.06. The molecule has 0 saturated heterocycles. The Labute approximate surface area is 95.8 Å². The molecule has 2 rings (SSSR count). The van der Waals surface area contributed by atoms with Crippen LogP contribution in [0.3, 0.4) is 0 Å². The van der Waals surface area contributed by atoms with E-state index in [1.165, 1.54) is 22.7 Å². The molecule has 0 spiro atoms. The molecule has 0 fully saturated rings. The van der Waals surface area contributed by atoms with E-state index < -0.39 is 0 Å². The van der Waals surface area contributed by atoms with Gasteiger partial charge in [-0.3, -0.25) is 4.79 Å². The Morgan fingerprint density at radius 3 is 2.40 bits per heavy atom. The Balaban J connectivity index is 2.84. The van der Waals surface area contributed by atoms with Crippen molar-refractivity contribution in [3.8, 4) is 6.07 Å². The molecule has 2 aromatic rings. The second kappa shape index (κ2) is 3.44. The second-order valence-electron chi connectivity index (χ2n) is 3.44. The van der Waals surface area contributed by atoms with Gasteiger partial charge >= 0.3 is 0 Å². The number of carbonyl (C=O) groups excluding carboxylic acids is 1. The summed E-state index contributed by atoms with van der Waals surface area (Å²) in [5, 5.41) is 10.0. The molecule has 0 atom stereocenters. The van der Waals surface area contributed by atoms with Crippen molar-refractivity contribution in [1.82, 2.24) is 0 Å². The van der Waals surface area contributed by atoms with E-state index in [-0.39, 0.29) is 5.78 Å². The summed E-state index contributed by atoms with van der Waals surface area (Å²) >= 11 is 2.98. The van der Waals surface area contributed by atoms with Crippen LogP contribution in [-0.4, -0.2) is 5.78 Å². The molecular weight excluding hydrogens is 226 g/mol. The highest BCUT2D eigenvalue weighted by atomic mass is 32.2. The van der Waals surface area contributed by atoms with E-state index >= 15 is 0 Å². The van der Waals surface area contributed by atoms with Gasteiger partial charge in [0.05, 0.1) is 8.89 Å². The maximum Gasteiger partial charge on any atom is 0.170 e. The molecule has 0 bridgehead atoms. The van der Waals surface area contributed by atoms with E-state index in [2.05, 4.69) is 6.07 Å². The van der Waals surface area contributed by atoms with Crippen molar-refractivity contribution in [3.63, 3.8) is 0 Å². The normalized spacial score (nSPS) is 10.5. The molecule has 4 heteroatoms. The van der Waals surface area contributed by atoms with Crippen LogP contribution in [0.15, 0.2) is 0 Å². The van der Waals surface area contributed by atoms with Crippen molar-refractivity contribution < 1.29 is 4.79 Å². The van der Waals surface area contributed by atoms with E-state index in [1.807, 2.05) is 13.8 Å². The Morgan fingerprint density at radius 2 is 1.93 bits per heavy atom. The van der Waals surface area contributed by atoms with Crippen molar-refractivity contribution >= 4 is 37.9 Å². The highest BCUT2D eigenvalue weighted by Crippen LogP contribution is 2.40. The number of hydrogen-bond acceptors (Lipinski definition) is 4. The molecule has 0 aliphatic rings. The fourth-order valence-corrected chi connectivity index (χ4v) is 4.27. The minimum absolute atomic E-state index is 0.110. The van der Waals surface area contributed by atoms with Crippen LogP contribution in [-0.2, 0) is 0 Å². The predicted octanol–water partition coefficient (Wildman–Crippen LogP) is 3.65. The number of ketones is 1. The lowest BCUT2D eigenvalue weighted by molar-refractivity contribution is 0.102. The van der Waals surface area contributed by atoms with Gasteiger partial charge in [-0.1, -0.05) is 0 Å². The van der Waals surface area contributed by atoms with Crippen LogP contribution in [0.1, 0.15) is 32.6 Å². The number of hydrogen-bond donors (Lipinski definition) is 0. The summed E-state index contributed by atoms with van der Waals surface area (Å²) in [7, 11) is 0. The number of Topliss-reactive ketones (excluding diaryl/α,β-unsaturated/α-hetero) is 1. The molecule has 0 aliphatic heterocycles. The van der Waals surface area contributed by atoms with Gasteiger partial charge < -0.3 is 0 Å².